The number of hydrogen-bond donors (Lipinski definition) is 2. The maximum Gasteiger partial charge on any atom is 0.280 e. The largest absolute Gasteiger partial charge is 0.350 e. The van der Waals surface area contributed by atoms with Gasteiger partial charge in [-0.2, -0.15) is 0 Å². The van der Waals surface area contributed by atoms with Gasteiger partial charge in [0.15, 0.2) is 5.01 Å². The summed E-state index contributed by atoms with van der Waals surface area (Å²) in [5, 5.41) is 10.8. The number of nitrogens with one attached hydrogen (secondary N) is 2. The summed E-state index contributed by atoms with van der Waals surface area (Å²) in [7, 11) is 3.97. The summed E-state index contributed by atoms with van der Waals surface area (Å²) < 4.78 is 0. The Morgan fingerprint density at radius 3 is 2.89 bits per heavy atom. The van der Waals surface area contributed by atoms with Crippen LogP contribution in [0.25, 0.3) is 0 Å². The fourth-order valence-electron chi connectivity index (χ4n) is 1.30. The first-order valence-electron chi connectivity index (χ1n) is 5.49. The summed E-state index contributed by atoms with van der Waals surface area (Å²) in [5.74, 6) is -0.225. The zero-order valence-corrected chi connectivity index (χ0v) is 11.4. The van der Waals surface area contributed by atoms with Gasteiger partial charge in [0.1, 0.15) is 10.7 Å². The predicted octanol–water partition coefficient (Wildman–Crippen LogP) is 1.15. The van der Waals surface area contributed by atoms with Crippen molar-refractivity contribution in [3.8, 4) is 0 Å². The first-order chi connectivity index (χ1) is 8.58. The van der Waals surface area contributed by atoms with E-state index in [0.717, 1.165) is 30.5 Å². The van der Waals surface area contributed by atoms with Gasteiger partial charge in [0.05, 0.1) is 0 Å². The molecule has 0 aromatic carbocycles. The highest BCUT2D eigenvalue weighted by Crippen LogP contribution is 2.25. The molecule has 0 fully saturated rings. The van der Waals surface area contributed by atoms with Crippen LogP contribution in [0.1, 0.15) is 21.9 Å². The number of carbonyl (C=O) groups excluding carboxylic acids is 1. The van der Waals surface area contributed by atoms with Crippen molar-refractivity contribution in [1.29, 1.82) is 5.41 Å². The van der Waals surface area contributed by atoms with Crippen molar-refractivity contribution in [2.24, 2.45) is 4.99 Å². The molecule has 18 heavy (non-hydrogen) atoms. The van der Waals surface area contributed by atoms with E-state index in [0.29, 0.717) is 22.2 Å². The van der Waals surface area contributed by atoms with Gasteiger partial charge in [0.25, 0.3) is 5.91 Å². The monoisotopic (exact) mass is 267 g/mol. The molecule has 0 unspecified atom stereocenters. The molecule has 6 nitrogen and oxygen atoms in total. The van der Waals surface area contributed by atoms with E-state index in [4.69, 9.17) is 5.41 Å². The topological polar surface area (TPSA) is 81.4 Å². The lowest BCUT2D eigenvalue weighted by Crippen LogP contribution is -2.27. The van der Waals surface area contributed by atoms with Crippen LogP contribution in [-0.4, -0.2) is 55.9 Å². The van der Waals surface area contributed by atoms with Crippen LogP contribution in [0.15, 0.2) is 4.99 Å². The minimum absolute atomic E-state index is 0.225. The molecule has 1 aromatic heterocycles. The Hall–Kier alpha value is -1.60. The number of carbonyl (C=O) groups is 1. The van der Waals surface area contributed by atoms with Gasteiger partial charge in [-0.05, 0) is 33.8 Å². The molecule has 7 heteroatoms. The molecule has 1 heterocycles. The Morgan fingerprint density at radius 1 is 1.67 bits per heavy atom. The van der Waals surface area contributed by atoms with E-state index >= 15 is 0 Å². The molecule has 1 amide bonds. The lowest BCUT2D eigenvalue weighted by atomic mass is 10.4. The molecule has 1 rings (SSSR count). The van der Waals surface area contributed by atoms with Gasteiger partial charge in [-0.15, -0.1) is 0 Å². The average Bonchev–Trinajstić information content (AvgIpc) is 2.77. The van der Waals surface area contributed by atoms with Gasteiger partial charge in [-0.3, -0.25) is 9.79 Å². The minimum atomic E-state index is -0.225. The highest BCUT2D eigenvalue weighted by atomic mass is 32.1. The number of thiazole rings is 1. The van der Waals surface area contributed by atoms with Crippen LogP contribution in [0.5, 0.6) is 0 Å². The molecule has 1 aromatic rings. The lowest BCUT2D eigenvalue weighted by Gasteiger charge is -2.08. The van der Waals surface area contributed by atoms with Crippen LogP contribution in [0.4, 0.5) is 5.00 Å². The molecular formula is C11H17N5OS. The highest BCUT2D eigenvalue weighted by molar-refractivity contribution is 7.17. The molecule has 0 spiro atoms. The Kier molecular flexibility index (Phi) is 5.60. The Balaban J connectivity index is 2.53. The predicted molar refractivity (Wildman–Crippen MR) is 74.7 cm³/mol. The molecule has 0 radical (unpaired) electrons. The van der Waals surface area contributed by atoms with Gasteiger partial charge in [-0.1, -0.05) is 11.3 Å². The zero-order valence-electron chi connectivity index (χ0n) is 10.6. The van der Waals surface area contributed by atoms with Gasteiger partial charge in [0.2, 0.25) is 0 Å². The first kappa shape index (κ1) is 14.5. The minimum Gasteiger partial charge on any atom is -0.350 e. The molecule has 0 aliphatic heterocycles. The second kappa shape index (κ2) is 6.97. The number of hydrogen-bond acceptors (Lipinski definition) is 6. The van der Waals surface area contributed by atoms with E-state index in [1.54, 1.807) is 0 Å². The van der Waals surface area contributed by atoms with Crippen molar-refractivity contribution in [1.82, 2.24) is 15.2 Å². The average molecular weight is 267 g/mol. The smallest absolute Gasteiger partial charge is 0.280 e. The van der Waals surface area contributed by atoms with E-state index in [2.05, 4.69) is 26.9 Å². The molecular weight excluding hydrogens is 250 g/mol. The van der Waals surface area contributed by atoms with Crippen molar-refractivity contribution in [2.45, 2.75) is 6.42 Å². The van der Waals surface area contributed by atoms with Crippen LogP contribution in [0.2, 0.25) is 0 Å². The fourth-order valence-corrected chi connectivity index (χ4v) is 2.07. The van der Waals surface area contributed by atoms with Crippen molar-refractivity contribution < 1.29 is 4.79 Å². The SMILES string of the molecule is C=Nc1sc(C(=O)NCCCN(C)C)nc1C=N. The van der Waals surface area contributed by atoms with Gasteiger partial charge in [0, 0.05) is 12.8 Å². The summed E-state index contributed by atoms with van der Waals surface area (Å²) in [4.78, 5) is 21.6. The van der Waals surface area contributed by atoms with Gasteiger partial charge >= 0.3 is 0 Å². The lowest BCUT2D eigenvalue weighted by molar-refractivity contribution is 0.0952. The third-order valence-electron chi connectivity index (χ3n) is 2.18. The first-order valence-corrected chi connectivity index (χ1v) is 6.31. The zero-order chi connectivity index (χ0) is 13.5. The Morgan fingerprint density at radius 2 is 2.39 bits per heavy atom. The summed E-state index contributed by atoms with van der Waals surface area (Å²) in [6.45, 7) is 4.91. The quantitative estimate of drug-likeness (QED) is 0.574. The summed E-state index contributed by atoms with van der Waals surface area (Å²) in [6.07, 6.45) is 1.96. The number of amides is 1. The number of rotatable bonds is 7. The highest BCUT2D eigenvalue weighted by Gasteiger charge is 2.14. The third-order valence-corrected chi connectivity index (χ3v) is 3.18. The number of aromatic nitrogens is 1. The Labute approximate surface area is 110 Å². The van der Waals surface area contributed by atoms with Crippen molar-refractivity contribution in [2.75, 3.05) is 27.2 Å². The maximum absolute atomic E-state index is 11.8. The third kappa shape index (κ3) is 4.01. The maximum atomic E-state index is 11.8. The van der Waals surface area contributed by atoms with Gasteiger partial charge < -0.3 is 15.6 Å². The fraction of sp³-hybridized carbons (Fsp3) is 0.455. The molecule has 98 valence electrons. The number of nitrogens with zero attached hydrogens (tertiary/aromatic N) is 3. The second-order valence-electron chi connectivity index (χ2n) is 3.92. The van der Waals surface area contributed by atoms with Crippen molar-refractivity contribution >= 4 is 35.2 Å². The van der Waals surface area contributed by atoms with Crippen LogP contribution in [-0.2, 0) is 0 Å². The summed E-state index contributed by atoms with van der Waals surface area (Å²) in [6, 6.07) is 0. The summed E-state index contributed by atoms with van der Waals surface area (Å²) in [5.41, 5.74) is 0.383. The molecule has 0 atom stereocenters. The normalized spacial score (nSPS) is 10.4. The molecule has 0 bridgehead atoms. The molecule has 2 N–H and O–H groups in total. The van der Waals surface area contributed by atoms with Crippen LogP contribution < -0.4 is 5.32 Å². The van der Waals surface area contributed by atoms with E-state index in [9.17, 15) is 4.79 Å². The van der Waals surface area contributed by atoms with Crippen LogP contribution in [0.3, 0.4) is 0 Å². The van der Waals surface area contributed by atoms with Crippen molar-refractivity contribution in [3.05, 3.63) is 10.7 Å². The standard InChI is InChI=1S/C11H17N5OS/c1-13-10-8(7-12)15-11(18-10)9(17)14-5-4-6-16(2)3/h7,12H,1,4-6H2,2-3H3,(H,14,17). The second-order valence-corrected chi connectivity index (χ2v) is 4.90. The van der Waals surface area contributed by atoms with Gasteiger partial charge in [-0.25, -0.2) is 4.98 Å². The number of aliphatic imine (C=N–C) groups is 1. The molecule has 0 saturated heterocycles. The van der Waals surface area contributed by atoms with E-state index in [-0.39, 0.29) is 5.91 Å². The molecule has 0 saturated carbocycles. The Bertz CT molecular complexity index is 415. The van der Waals surface area contributed by atoms with E-state index in [1.807, 2.05) is 14.1 Å². The van der Waals surface area contributed by atoms with Crippen molar-refractivity contribution in [3.63, 3.8) is 0 Å². The van der Waals surface area contributed by atoms with Crippen LogP contribution >= 0.6 is 11.3 Å². The summed E-state index contributed by atoms with van der Waals surface area (Å²) >= 11 is 1.14. The van der Waals surface area contributed by atoms with E-state index in [1.165, 1.54) is 0 Å². The molecule has 0 aliphatic carbocycles. The molecule has 0 aliphatic rings. The van der Waals surface area contributed by atoms with E-state index < -0.39 is 0 Å². The van der Waals surface area contributed by atoms with Crippen LogP contribution in [0, 0.1) is 5.41 Å².